The van der Waals surface area contributed by atoms with Crippen molar-refractivity contribution in [2.45, 2.75) is 6.61 Å². The number of fused-ring (bicyclic) bond motifs is 2. The zero-order valence-corrected chi connectivity index (χ0v) is 24.9. The number of nitrogens with zero attached hydrogens (tertiary/aromatic N) is 4. The molecule has 0 atom stereocenters. The van der Waals surface area contributed by atoms with Crippen molar-refractivity contribution in [1.29, 1.82) is 0 Å². The number of aromatic nitrogens is 2. The van der Waals surface area contributed by atoms with Gasteiger partial charge in [-0.2, -0.15) is 9.78 Å². The zero-order valence-electron chi connectivity index (χ0n) is 22.7. The van der Waals surface area contributed by atoms with E-state index in [0.717, 1.165) is 4.68 Å². The van der Waals surface area contributed by atoms with E-state index in [0.29, 0.717) is 43.2 Å². The second-order valence-electron chi connectivity index (χ2n) is 9.43. The molecular weight excluding hydrogens is 631 g/mol. The smallest absolute Gasteiger partial charge is 0.313 e. The Labute approximate surface area is 263 Å². The van der Waals surface area contributed by atoms with Crippen LogP contribution in [0.5, 0.6) is 11.5 Å². The highest BCUT2D eigenvalue weighted by Gasteiger charge is 2.22. The normalized spacial score (nSPS) is 11.5. The molecule has 4 aromatic carbocycles. The number of rotatable bonds is 8. The molecule has 0 saturated heterocycles. The molecule has 6 rings (SSSR count). The molecule has 2 heterocycles. The van der Waals surface area contributed by atoms with E-state index >= 15 is 0 Å². The number of para-hydroxylation sites is 1. The van der Waals surface area contributed by atoms with Gasteiger partial charge in [0.1, 0.15) is 17.9 Å². The summed E-state index contributed by atoms with van der Waals surface area (Å²) in [7, 11) is 1.55. The van der Waals surface area contributed by atoms with Gasteiger partial charge in [-0.05, 0) is 48.5 Å². The van der Waals surface area contributed by atoms with Crippen LogP contribution in [-0.4, -0.2) is 27.9 Å². The Morgan fingerprint density at radius 2 is 1.82 bits per heavy atom. The van der Waals surface area contributed by atoms with Crippen LogP contribution < -0.4 is 15.0 Å². The molecule has 0 aliphatic carbocycles. The van der Waals surface area contributed by atoms with Gasteiger partial charge in [0.2, 0.25) is 11.6 Å². The summed E-state index contributed by atoms with van der Waals surface area (Å²) in [5.41, 5.74) is 0.872. The maximum absolute atomic E-state index is 13.6. The predicted molar refractivity (Wildman–Crippen MR) is 170 cm³/mol. The highest BCUT2D eigenvalue weighted by Crippen LogP contribution is 2.37. The monoisotopic (exact) mass is 648 g/mol. The van der Waals surface area contributed by atoms with Gasteiger partial charge in [0.05, 0.1) is 39.6 Å². The lowest BCUT2D eigenvalue weighted by atomic mass is 10.2. The summed E-state index contributed by atoms with van der Waals surface area (Å²) in [6, 6.07) is 21.3. The van der Waals surface area contributed by atoms with Crippen molar-refractivity contribution in [1.82, 2.24) is 9.66 Å². The van der Waals surface area contributed by atoms with Crippen LogP contribution in [0, 0.1) is 10.1 Å². The minimum atomic E-state index is -0.626. The van der Waals surface area contributed by atoms with Crippen molar-refractivity contribution < 1.29 is 18.8 Å². The van der Waals surface area contributed by atoms with E-state index in [-0.39, 0.29) is 34.5 Å². The van der Waals surface area contributed by atoms with Gasteiger partial charge in [0, 0.05) is 27.2 Å². The molecule has 0 spiro atoms. The Bertz CT molecular complexity index is 2180. The first kappa shape index (κ1) is 29.2. The van der Waals surface area contributed by atoms with Crippen LogP contribution >= 0.6 is 34.8 Å². The SMILES string of the molecule is COc1cccc2oc(-c3nc4ccccc4c(=O)n3N=Cc3cc(Cl)c(OCc4ccc(Cl)cc4Cl)c([N+](=O)[O-])c3)cc12. The lowest BCUT2D eigenvalue weighted by molar-refractivity contribution is -0.385. The summed E-state index contributed by atoms with van der Waals surface area (Å²) in [5.74, 6) is 0.807. The molecule has 0 saturated carbocycles. The van der Waals surface area contributed by atoms with E-state index in [2.05, 4.69) is 10.1 Å². The molecule has 0 aliphatic rings. The minimum Gasteiger partial charge on any atom is -0.496 e. The van der Waals surface area contributed by atoms with Crippen LogP contribution in [0.2, 0.25) is 15.1 Å². The highest BCUT2D eigenvalue weighted by molar-refractivity contribution is 6.35. The maximum atomic E-state index is 13.6. The fourth-order valence-electron chi connectivity index (χ4n) is 4.58. The molecule has 6 aromatic rings. The van der Waals surface area contributed by atoms with E-state index in [1.807, 2.05) is 0 Å². The first-order valence-electron chi connectivity index (χ1n) is 12.9. The van der Waals surface area contributed by atoms with E-state index in [4.69, 9.17) is 48.7 Å². The predicted octanol–water partition coefficient (Wildman–Crippen LogP) is 8.15. The Morgan fingerprint density at radius 3 is 2.59 bits per heavy atom. The number of benzene rings is 4. The maximum Gasteiger partial charge on any atom is 0.313 e. The molecule has 0 radical (unpaired) electrons. The quantitative estimate of drug-likeness (QED) is 0.0926. The third-order valence-electron chi connectivity index (χ3n) is 6.67. The summed E-state index contributed by atoms with van der Waals surface area (Å²) in [5, 5.41) is 18.1. The van der Waals surface area contributed by atoms with E-state index < -0.39 is 16.2 Å². The zero-order chi connectivity index (χ0) is 31.0. The molecule has 0 fully saturated rings. The molecule has 0 aliphatic heterocycles. The van der Waals surface area contributed by atoms with E-state index in [9.17, 15) is 14.9 Å². The van der Waals surface area contributed by atoms with Gasteiger partial charge in [-0.15, -0.1) is 0 Å². The van der Waals surface area contributed by atoms with Gasteiger partial charge < -0.3 is 13.9 Å². The molecule has 220 valence electrons. The number of ether oxygens (including phenoxy) is 2. The molecule has 0 unspecified atom stereocenters. The van der Waals surface area contributed by atoms with Crippen molar-refractivity contribution in [3.63, 3.8) is 0 Å². The van der Waals surface area contributed by atoms with Crippen molar-refractivity contribution in [2.24, 2.45) is 5.10 Å². The lowest BCUT2D eigenvalue weighted by Crippen LogP contribution is -2.20. The molecule has 0 amide bonds. The van der Waals surface area contributed by atoms with Gasteiger partial charge in [-0.1, -0.05) is 59.1 Å². The van der Waals surface area contributed by atoms with Crippen molar-refractivity contribution in [3.05, 3.63) is 126 Å². The average molecular weight is 650 g/mol. The van der Waals surface area contributed by atoms with Gasteiger partial charge >= 0.3 is 5.69 Å². The molecule has 0 N–H and O–H groups in total. The third kappa shape index (κ3) is 5.58. The summed E-state index contributed by atoms with van der Waals surface area (Å²) in [6.45, 7) is -0.0895. The molecule has 44 heavy (non-hydrogen) atoms. The van der Waals surface area contributed by atoms with Crippen LogP contribution in [-0.2, 0) is 6.61 Å². The van der Waals surface area contributed by atoms with Crippen molar-refractivity contribution in [3.8, 4) is 23.1 Å². The molecular formula is C31H19Cl3N4O6. The second-order valence-corrected chi connectivity index (χ2v) is 10.7. The highest BCUT2D eigenvalue weighted by atomic mass is 35.5. The largest absolute Gasteiger partial charge is 0.496 e. The van der Waals surface area contributed by atoms with Crippen LogP contribution in [0.15, 0.2) is 93.2 Å². The Hall–Kier alpha value is -4.90. The van der Waals surface area contributed by atoms with Crippen LogP contribution in [0.25, 0.3) is 33.5 Å². The molecule has 13 heteroatoms. The minimum absolute atomic E-state index is 0.0423. The summed E-state index contributed by atoms with van der Waals surface area (Å²) >= 11 is 18.6. The summed E-state index contributed by atoms with van der Waals surface area (Å²) < 4.78 is 18.3. The molecule has 2 aromatic heterocycles. The average Bonchev–Trinajstić information content (AvgIpc) is 3.45. The number of nitro benzene ring substituents is 1. The van der Waals surface area contributed by atoms with E-state index in [1.54, 1.807) is 67.8 Å². The van der Waals surface area contributed by atoms with Gasteiger partial charge in [-0.25, -0.2) is 4.98 Å². The second kappa shape index (κ2) is 12.0. The van der Waals surface area contributed by atoms with Crippen LogP contribution in [0.3, 0.4) is 0 Å². The first-order chi connectivity index (χ1) is 21.2. The number of nitro groups is 1. The van der Waals surface area contributed by atoms with Gasteiger partial charge in [0.25, 0.3) is 5.56 Å². The van der Waals surface area contributed by atoms with Crippen molar-refractivity contribution >= 4 is 68.6 Å². The fourth-order valence-corrected chi connectivity index (χ4v) is 5.32. The van der Waals surface area contributed by atoms with Gasteiger partial charge in [-0.3, -0.25) is 14.9 Å². The Kier molecular flexibility index (Phi) is 7.96. The summed E-state index contributed by atoms with van der Waals surface area (Å²) in [6.07, 6.45) is 1.27. The van der Waals surface area contributed by atoms with Gasteiger partial charge in [0.15, 0.2) is 5.76 Å². The number of hydrogen-bond donors (Lipinski definition) is 0. The number of methoxy groups -OCH3 is 1. The first-order valence-corrected chi connectivity index (χ1v) is 14.0. The number of hydrogen-bond acceptors (Lipinski definition) is 8. The topological polar surface area (TPSA) is 122 Å². The fraction of sp³-hybridized carbons (Fsp3) is 0.0645. The van der Waals surface area contributed by atoms with E-state index in [1.165, 1.54) is 24.4 Å². The Balaban J connectivity index is 1.42. The van der Waals surface area contributed by atoms with Crippen LogP contribution in [0.4, 0.5) is 5.69 Å². The third-order valence-corrected chi connectivity index (χ3v) is 7.54. The number of furan rings is 1. The lowest BCUT2D eigenvalue weighted by Gasteiger charge is -2.11. The number of halogens is 3. The van der Waals surface area contributed by atoms with Crippen molar-refractivity contribution in [2.75, 3.05) is 7.11 Å². The molecule has 0 bridgehead atoms. The summed E-state index contributed by atoms with van der Waals surface area (Å²) in [4.78, 5) is 29.6. The van der Waals surface area contributed by atoms with Crippen LogP contribution in [0.1, 0.15) is 11.1 Å². The molecule has 10 nitrogen and oxygen atoms in total. The standard InChI is InChI=1S/C31H19Cl3N4O6/c1-42-26-7-4-8-27-21(26)14-28(44-27)30-36-24-6-3-2-5-20(24)31(39)37(30)35-15-17-11-23(34)29(25(12-17)38(40)41)43-16-18-9-10-19(32)13-22(18)33/h2-15H,16H2,1H3. The Morgan fingerprint density at radius 1 is 1.00 bits per heavy atom.